The Hall–Kier alpha value is -2.89. The molecule has 0 heterocycles. The van der Waals surface area contributed by atoms with Crippen LogP contribution in [0, 0.1) is 5.82 Å². The van der Waals surface area contributed by atoms with Crippen molar-refractivity contribution in [1.82, 2.24) is 10.9 Å². The van der Waals surface area contributed by atoms with Crippen LogP contribution in [-0.2, 0) is 9.59 Å². The van der Waals surface area contributed by atoms with E-state index >= 15 is 0 Å². The second-order valence-corrected chi connectivity index (χ2v) is 5.77. The molecule has 2 aromatic carbocycles. The van der Waals surface area contributed by atoms with Gasteiger partial charge in [-0.1, -0.05) is 37.3 Å². The number of carbonyl (C=O) groups excluding carboxylic acids is 2. The third-order valence-corrected chi connectivity index (χ3v) is 3.68. The van der Waals surface area contributed by atoms with Crippen LogP contribution in [0.1, 0.15) is 31.7 Å². The van der Waals surface area contributed by atoms with Crippen molar-refractivity contribution in [2.24, 2.45) is 0 Å². The lowest BCUT2D eigenvalue weighted by atomic mass is 9.98. The van der Waals surface area contributed by atoms with Gasteiger partial charge < -0.3 is 4.74 Å². The van der Waals surface area contributed by atoms with Crippen LogP contribution in [0.2, 0.25) is 0 Å². The zero-order valence-corrected chi connectivity index (χ0v) is 14.2. The Kier molecular flexibility index (Phi) is 6.51. The van der Waals surface area contributed by atoms with E-state index in [4.69, 9.17) is 4.74 Å². The standard InChI is InChI=1S/C19H21FN2O3/c1-13(15-6-4-3-5-7-15)12-18(23)21-22-19(24)14(2)25-17-10-8-16(20)9-11-17/h3-11,13-14H,12H2,1-2H3,(H,21,23)(H,22,24). The zero-order chi connectivity index (χ0) is 18.2. The molecule has 5 nitrogen and oxygen atoms in total. The van der Waals surface area contributed by atoms with Gasteiger partial charge in [-0.25, -0.2) is 4.39 Å². The molecule has 0 aliphatic heterocycles. The lowest BCUT2D eigenvalue weighted by Gasteiger charge is -2.16. The first-order chi connectivity index (χ1) is 12.0. The summed E-state index contributed by atoms with van der Waals surface area (Å²) in [5.41, 5.74) is 5.77. The van der Waals surface area contributed by atoms with Gasteiger partial charge in [0, 0.05) is 6.42 Å². The maximum Gasteiger partial charge on any atom is 0.279 e. The number of nitrogens with one attached hydrogen (secondary N) is 2. The number of ether oxygens (including phenoxy) is 1. The average molecular weight is 344 g/mol. The number of hydrogen-bond acceptors (Lipinski definition) is 3. The molecule has 2 amide bonds. The van der Waals surface area contributed by atoms with Crippen LogP contribution in [-0.4, -0.2) is 17.9 Å². The van der Waals surface area contributed by atoms with Gasteiger partial charge in [-0.2, -0.15) is 0 Å². The fraction of sp³-hybridized carbons (Fsp3) is 0.263. The first-order valence-electron chi connectivity index (χ1n) is 8.01. The number of halogens is 1. The molecule has 132 valence electrons. The number of carbonyl (C=O) groups is 2. The van der Waals surface area contributed by atoms with Crippen molar-refractivity contribution in [3.63, 3.8) is 0 Å². The normalized spacial score (nSPS) is 12.8. The van der Waals surface area contributed by atoms with E-state index in [1.165, 1.54) is 31.2 Å². The fourth-order valence-electron chi connectivity index (χ4n) is 2.23. The van der Waals surface area contributed by atoms with E-state index in [1.807, 2.05) is 37.3 Å². The molecule has 0 saturated heterocycles. The van der Waals surface area contributed by atoms with E-state index < -0.39 is 12.0 Å². The largest absolute Gasteiger partial charge is 0.481 e. The monoisotopic (exact) mass is 344 g/mol. The zero-order valence-electron chi connectivity index (χ0n) is 14.2. The van der Waals surface area contributed by atoms with Crippen molar-refractivity contribution in [2.75, 3.05) is 0 Å². The molecule has 0 aliphatic rings. The van der Waals surface area contributed by atoms with Gasteiger partial charge in [-0.15, -0.1) is 0 Å². The van der Waals surface area contributed by atoms with Crippen LogP contribution < -0.4 is 15.6 Å². The SMILES string of the molecule is CC(Oc1ccc(F)cc1)C(=O)NNC(=O)CC(C)c1ccccc1. The molecule has 2 aromatic rings. The predicted molar refractivity (Wildman–Crippen MR) is 92.2 cm³/mol. The molecule has 2 rings (SSSR count). The summed E-state index contributed by atoms with van der Waals surface area (Å²) in [6.45, 7) is 3.48. The molecule has 0 aliphatic carbocycles. The third-order valence-electron chi connectivity index (χ3n) is 3.68. The lowest BCUT2D eigenvalue weighted by molar-refractivity contribution is -0.132. The number of hydrazine groups is 1. The molecule has 0 spiro atoms. The van der Waals surface area contributed by atoms with Gasteiger partial charge in [0.05, 0.1) is 0 Å². The number of rotatable bonds is 6. The second kappa shape index (κ2) is 8.82. The van der Waals surface area contributed by atoms with Gasteiger partial charge in [0.1, 0.15) is 11.6 Å². The summed E-state index contributed by atoms with van der Waals surface area (Å²) in [4.78, 5) is 23.9. The summed E-state index contributed by atoms with van der Waals surface area (Å²) in [6, 6.07) is 15.0. The van der Waals surface area contributed by atoms with Crippen LogP contribution >= 0.6 is 0 Å². The first kappa shape index (κ1) is 18.4. The summed E-state index contributed by atoms with van der Waals surface area (Å²) in [5.74, 6) is -0.771. The van der Waals surface area contributed by atoms with Crippen molar-refractivity contribution >= 4 is 11.8 Å². The highest BCUT2D eigenvalue weighted by atomic mass is 19.1. The van der Waals surface area contributed by atoms with Crippen LogP contribution in [0.25, 0.3) is 0 Å². The highest BCUT2D eigenvalue weighted by molar-refractivity contribution is 5.84. The van der Waals surface area contributed by atoms with E-state index in [0.717, 1.165) is 5.56 Å². The molecule has 25 heavy (non-hydrogen) atoms. The van der Waals surface area contributed by atoms with Gasteiger partial charge in [-0.3, -0.25) is 20.4 Å². The van der Waals surface area contributed by atoms with Gasteiger partial charge in [0.15, 0.2) is 6.10 Å². The smallest absolute Gasteiger partial charge is 0.279 e. The molecule has 6 heteroatoms. The van der Waals surface area contributed by atoms with Crippen LogP contribution in [0.3, 0.4) is 0 Å². The van der Waals surface area contributed by atoms with E-state index in [-0.39, 0.29) is 24.1 Å². The molecule has 2 N–H and O–H groups in total. The first-order valence-corrected chi connectivity index (χ1v) is 8.01. The third kappa shape index (κ3) is 5.91. The second-order valence-electron chi connectivity index (χ2n) is 5.77. The van der Waals surface area contributed by atoms with Crippen molar-refractivity contribution < 1.29 is 18.7 Å². The summed E-state index contributed by atoms with van der Waals surface area (Å²) in [7, 11) is 0. The lowest BCUT2D eigenvalue weighted by Crippen LogP contribution is -2.47. The van der Waals surface area contributed by atoms with Gasteiger partial charge in [0.25, 0.3) is 5.91 Å². The van der Waals surface area contributed by atoms with E-state index in [0.29, 0.717) is 5.75 Å². The van der Waals surface area contributed by atoms with Crippen LogP contribution in [0.5, 0.6) is 5.75 Å². The maximum atomic E-state index is 12.8. The molecule has 0 saturated carbocycles. The molecular formula is C19H21FN2O3. The Morgan fingerprint density at radius 1 is 1.00 bits per heavy atom. The number of amides is 2. The molecule has 0 aromatic heterocycles. The Labute approximate surface area is 146 Å². The number of hydrogen-bond donors (Lipinski definition) is 2. The summed E-state index contributed by atoms with van der Waals surface area (Å²) in [6.07, 6.45) is -0.588. The van der Waals surface area contributed by atoms with E-state index in [1.54, 1.807) is 0 Å². The number of benzene rings is 2. The van der Waals surface area contributed by atoms with Crippen molar-refractivity contribution in [3.8, 4) is 5.75 Å². The molecule has 2 atom stereocenters. The topological polar surface area (TPSA) is 67.4 Å². The van der Waals surface area contributed by atoms with Crippen molar-refractivity contribution in [3.05, 3.63) is 66.0 Å². The highest BCUT2D eigenvalue weighted by Gasteiger charge is 2.16. The molecule has 2 unspecified atom stereocenters. The minimum Gasteiger partial charge on any atom is -0.481 e. The average Bonchev–Trinajstić information content (AvgIpc) is 2.62. The van der Waals surface area contributed by atoms with Crippen LogP contribution in [0.15, 0.2) is 54.6 Å². The van der Waals surface area contributed by atoms with Gasteiger partial charge >= 0.3 is 0 Å². The summed E-state index contributed by atoms with van der Waals surface area (Å²) < 4.78 is 18.2. The molecular weight excluding hydrogens is 323 g/mol. The summed E-state index contributed by atoms with van der Waals surface area (Å²) >= 11 is 0. The summed E-state index contributed by atoms with van der Waals surface area (Å²) in [5, 5.41) is 0. The molecule has 0 bridgehead atoms. The highest BCUT2D eigenvalue weighted by Crippen LogP contribution is 2.18. The fourth-order valence-corrected chi connectivity index (χ4v) is 2.23. The maximum absolute atomic E-state index is 12.8. The predicted octanol–water partition coefficient (Wildman–Crippen LogP) is 2.93. The van der Waals surface area contributed by atoms with Gasteiger partial charge in [-0.05, 0) is 42.7 Å². The Bertz CT molecular complexity index is 704. The quantitative estimate of drug-likeness (QED) is 0.792. The van der Waals surface area contributed by atoms with Crippen LogP contribution in [0.4, 0.5) is 4.39 Å². The van der Waals surface area contributed by atoms with Crippen molar-refractivity contribution in [2.45, 2.75) is 32.3 Å². The minimum atomic E-state index is -0.836. The molecule has 0 fully saturated rings. The Morgan fingerprint density at radius 3 is 2.28 bits per heavy atom. The Morgan fingerprint density at radius 2 is 1.64 bits per heavy atom. The molecule has 0 radical (unpaired) electrons. The van der Waals surface area contributed by atoms with E-state index in [9.17, 15) is 14.0 Å². The van der Waals surface area contributed by atoms with E-state index in [2.05, 4.69) is 10.9 Å². The minimum absolute atomic E-state index is 0.0333. The van der Waals surface area contributed by atoms with Crippen molar-refractivity contribution in [1.29, 1.82) is 0 Å². The van der Waals surface area contributed by atoms with Gasteiger partial charge in [0.2, 0.25) is 5.91 Å². The Balaban J connectivity index is 1.76.